The average Bonchev–Trinajstić information content (AvgIpc) is 2.86. The zero-order chi connectivity index (χ0) is 13.7. The minimum atomic E-state index is -0.344. The summed E-state index contributed by atoms with van der Waals surface area (Å²) in [4.78, 5) is 11.9. The Bertz CT molecular complexity index is 565. The maximum absolute atomic E-state index is 11.9. The number of nitrogens with one attached hydrogen (secondary N) is 3. The van der Waals surface area contributed by atoms with Crippen molar-refractivity contribution >= 4 is 17.5 Å². The fourth-order valence-corrected chi connectivity index (χ4v) is 1.70. The summed E-state index contributed by atoms with van der Waals surface area (Å²) in [6.45, 7) is 1.99. The lowest BCUT2D eigenvalue weighted by atomic mass is 10.2. The number of carbonyl (C=O) groups excluding carboxylic acids is 1. The molecule has 0 aliphatic heterocycles. The van der Waals surface area contributed by atoms with Gasteiger partial charge in [-0.3, -0.25) is 10.4 Å². The van der Waals surface area contributed by atoms with Gasteiger partial charge in [-0.25, -0.2) is 4.79 Å². The molecule has 1 heterocycles. The van der Waals surface area contributed by atoms with Crippen LogP contribution in [-0.4, -0.2) is 23.3 Å². The van der Waals surface area contributed by atoms with Crippen LogP contribution in [0.3, 0.4) is 0 Å². The fraction of sp³-hybridized carbons (Fsp3) is 0.231. The van der Waals surface area contributed by atoms with E-state index in [2.05, 4.69) is 20.8 Å². The van der Waals surface area contributed by atoms with Crippen molar-refractivity contribution < 1.29 is 9.53 Å². The third kappa shape index (κ3) is 3.04. The molecule has 1 aromatic heterocycles. The highest BCUT2D eigenvalue weighted by Gasteiger charge is 2.09. The number of aryl methyl sites for hydroxylation is 1. The highest BCUT2D eigenvalue weighted by atomic mass is 16.5. The lowest BCUT2D eigenvalue weighted by molar-refractivity contribution is 0.262. The van der Waals surface area contributed by atoms with Gasteiger partial charge in [0.25, 0.3) is 0 Å². The van der Waals surface area contributed by atoms with Crippen LogP contribution in [0.5, 0.6) is 5.75 Å². The van der Waals surface area contributed by atoms with E-state index in [4.69, 9.17) is 4.74 Å². The molecule has 0 saturated carbocycles. The normalized spacial score (nSPS) is 10.0. The van der Waals surface area contributed by atoms with E-state index in [1.54, 1.807) is 25.4 Å². The van der Waals surface area contributed by atoms with E-state index in [9.17, 15) is 4.79 Å². The van der Waals surface area contributed by atoms with E-state index in [0.717, 1.165) is 12.0 Å². The van der Waals surface area contributed by atoms with Gasteiger partial charge in [-0.05, 0) is 18.6 Å². The molecule has 1 aromatic carbocycles. The molecular weight excluding hydrogens is 244 g/mol. The van der Waals surface area contributed by atoms with Gasteiger partial charge in [-0.2, -0.15) is 5.10 Å². The molecule has 0 bridgehead atoms. The van der Waals surface area contributed by atoms with Gasteiger partial charge in [-0.15, -0.1) is 0 Å². The van der Waals surface area contributed by atoms with Crippen molar-refractivity contribution in [2.24, 2.45) is 0 Å². The van der Waals surface area contributed by atoms with E-state index in [1.165, 1.54) is 0 Å². The van der Waals surface area contributed by atoms with E-state index >= 15 is 0 Å². The SMILES string of the molecule is CCc1cn[nH]c1NC(=O)Nc1ccccc1OC. The first-order valence-electron chi connectivity index (χ1n) is 5.97. The maximum atomic E-state index is 11.9. The molecule has 6 heteroatoms. The number of ether oxygens (including phenoxy) is 1. The first-order valence-corrected chi connectivity index (χ1v) is 5.97. The maximum Gasteiger partial charge on any atom is 0.324 e. The first kappa shape index (κ1) is 12.9. The number of hydrogen-bond acceptors (Lipinski definition) is 3. The van der Waals surface area contributed by atoms with Crippen LogP contribution in [-0.2, 0) is 6.42 Å². The van der Waals surface area contributed by atoms with Crippen LogP contribution in [0.2, 0.25) is 0 Å². The molecule has 0 saturated heterocycles. The Labute approximate surface area is 111 Å². The smallest absolute Gasteiger partial charge is 0.324 e. The van der Waals surface area contributed by atoms with E-state index in [1.807, 2.05) is 19.1 Å². The summed E-state index contributed by atoms with van der Waals surface area (Å²) in [5, 5.41) is 12.1. The molecule has 0 atom stereocenters. The van der Waals surface area contributed by atoms with Gasteiger partial charge in [-0.1, -0.05) is 19.1 Å². The summed E-state index contributed by atoms with van der Waals surface area (Å²) in [5.41, 5.74) is 1.57. The molecule has 0 aliphatic carbocycles. The number of aromatic nitrogens is 2. The standard InChI is InChI=1S/C13H16N4O2/c1-3-9-8-14-17-12(9)16-13(18)15-10-6-4-5-7-11(10)19-2/h4-8H,3H2,1-2H3,(H3,14,15,16,17,18). The second kappa shape index (κ2) is 5.90. The Morgan fingerprint density at radius 1 is 1.37 bits per heavy atom. The van der Waals surface area contributed by atoms with Crippen molar-refractivity contribution in [1.82, 2.24) is 10.2 Å². The monoisotopic (exact) mass is 260 g/mol. The van der Waals surface area contributed by atoms with Gasteiger partial charge in [0.15, 0.2) is 0 Å². The second-order valence-electron chi connectivity index (χ2n) is 3.90. The molecule has 3 N–H and O–H groups in total. The Balaban J connectivity index is 2.05. The Hall–Kier alpha value is -2.50. The zero-order valence-corrected chi connectivity index (χ0v) is 10.9. The molecule has 2 rings (SSSR count). The number of anilines is 2. The molecule has 0 radical (unpaired) electrons. The van der Waals surface area contributed by atoms with Gasteiger partial charge in [0.05, 0.1) is 19.0 Å². The van der Waals surface area contributed by atoms with Crippen molar-refractivity contribution in [2.75, 3.05) is 17.7 Å². The van der Waals surface area contributed by atoms with Crippen LogP contribution in [0.15, 0.2) is 30.5 Å². The van der Waals surface area contributed by atoms with E-state index < -0.39 is 0 Å². The molecule has 0 aliphatic rings. The lowest BCUT2D eigenvalue weighted by Gasteiger charge is -2.10. The van der Waals surface area contributed by atoms with Crippen molar-refractivity contribution in [3.05, 3.63) is 36.0 Å². The van der Waals surface area contributed by atoms with E-state index in [0.29, 0.717) is 17.3 Å². The number of benzene rings is 1. The highest BCUT2D eigenvalue weighted by molar-refractivity contribution is 6.00. The fourth-order valence-electron chi connectivity index (χ4n) is 1.70. The minimum absolute atomic E-state index is 0.344. The van der Waals surface area contributed by atoms with Gasteiger partial charge in [0.1, 0.15) is 11.6 Å². The zero-order valence-electron chi connectivity index (χ0n) is 10.9. The summed E-state index contributed by atoms with van der Waals surface area (Å²) in [6.07, 6.45) is 2.49. The number of para-hydroxylation sites is 2. The summed E-state index contributed by atoms with van der Waals surface area (Å²) in [5.74, 6) is 1.22. The molecule has 6 nitrogen and oxygen atoms in total. The highest BCUT2D eigenvalue weighted by Crippen LogP contribution is 2.23. The number of hydrogen-bond donors (Lipinski definition) is 3. The molecule has 0 fully saturated rings. The largest absolute Gasteiger partial charge is 0.495 e. The van der Waals surface area contributed by atoms with Crippen LogP contribution >= 0.6 is 0 Å². The number of rotatable bonds is 4. The molecule has 2 aromatic rings. The van der Waals surface area contributed by atoms with Crippen molar-refractivity contribution in [1.29, 1.82) is 0 Å². The number of methoxy groups -OCH3 is 1. The summed E-state index contributed by atoms with van der Waals surface area (Å²) >= 11 is 0. The Kier molecular flexibility index (Phi) is 4.02. The van der Waals surface area contributed by atoms with Gasteiger partial charge >= 0.3 is 6.03 Å². The van der Waals surface area contributed by atoms with Crippen LogP contribution in [0, 0.1) is 0 Å². The summed E-state index contributed by atoms with van der Waals surface area (Å²) in [6, 6.07) is 6.87. The average molecular weight is 260 g/mol. The number of aromatic amines is 1. The Morgan fingerprint density at radius 2 is 2.16 bits per heavy atom. The molecule has 100 valence electrons. The third-order valence-electron chi connectivity index (χ3n) is 2.69. The second-order valence-corrected chi connectivity index (χ2v) is 3.90. The van der Waals surface area contributed by atoms with Crippen molar-refractivity contribution in [3.63, 3.8) is 0 Å². The summed E-state index contributed by atoms with van der Waals surface area (Å²) in [7, 11) is 1.56. The Morgan fingerprint density at radius 3 is 2.89 bits per heavy atom. The first-order chi connectivity index (χ1) is 9.24. The third-order valence-corrected chi connectivity index (χ3v) is 2.69. The van der Waals surface area contributed by atoms with Crippen LogP contribution in [0.4, 0.5) is 16.3 Å². The number of nitrogens with zero attached hydrogens (tertiary/aromatic N) is 1. The quantitative estimate of drug-likeness (QED) is 0.790. The van der Waals surface area contributed by atoms with E-state index in [-0.39, 0.29) is 6.03 Å². The van der Waals surface area contributed by atoms with Crippen molar-refractivity contribution in [2.45, 2.75) is 13.3 Å². The number of urea groups is 1. The minimum Gasteiger partial charge on any atom is -0.495 e. The van der Waals surface area contributed by atoms with Gasteiger partial charge in [0.2, 0.25) is 0 Å². The van der Waals surface area contributed by atoms with Crippen LogP contribution in [0.25, 0.3) is 0 Å². The molecule has 0 spiro atoms. The molecular formula is C13H16N4O2. The predicted octanol–water partition coefficient (Wildman–Crippen LogP) is 2.62. The van der Waals surface area contributed by atoms with Gasteiger partial charge < -0.3 is 10.1 Å². The summed E-state index contributed by atoms with van der Waals surface area (Å²) < 4.78 is 5.16. The molecule has 2 amide bonds. The molecule has 0 unspecified atom stereocenters. The predicted molar refractivity (Wildman–Crippen MR) is 73.6 cm³/mol. The van der Waals surface area contributed by atoms with Crippen LogP contribution < -0.4 is 15.4 Å². The number of amides is 2. The number of carbonyl (C=O) groups is 1. The topological polar surface area (TPSA) is 79.0 Å². The van der Waals surface area contributed by atoms with Crippen LogP contribution in [0.1, 0.15) is 12.5 Å². The number of H-pyrrole nitrogens is 1. The molecule has 19 heavy (non-hydrogen) atoms. The lowest BCUT2D eigenvalue weighted by Crippen LogP contribution is -2.20. The van der Waals surface area contributed by atoms with Crippen molar-refractivity contribution in [3.8, 4) is 5.75 Å². The van der Waals surface area contributed by atoms with Gasteiger partial charge in [0, 0.05) is 5.56 Å².